The third-order valence-corrected chi connectivity index (χ3v) is 7.20. The number of halogens is 2. The van der Waals surface area contributed by atoms with Gasteiger partial charge in [-0.05, 0) is 82.1 Å². The number of nitrogens with zero attached hydrogens (tertiary/aromatic N) is 1. The SMILES string of the molecule is CN(C)CCC(O)(c1ccccc1Br)C(c1ccccc1)c1ccc2ccc(OCBr)cc2c1. The number of hydrogen-bond acceptors (Lipinski definition) is 3. The van der Waals surface area contributed by atoms with Crippen molar-refractivity contribution in [1.29, 1.82) is 0 Å². The van der Waals surface area contributed by atoms with Crippen molar-refractivity contribution in [3.63, 3.8) is 0 Å². The molecule has 0 aliphatic carbocycles. The molecule has 2 atom stereocenters. The van der Waals surface area contributed by atoms with Crippen molar-refractivity contribution in [1.82, 2.24) is 4.90 Å². The van der Waals surface area contributed by atoms with Crippen LogP contribution >= 0.6 is 31.9 Å². The van der Waals surface area contributed by atoms with Gasteiger partial charge in [0.25, 0.3) is 0 Å². The highest BCUT2D eigenvalue weighted by atomic mass is 79.9. The van der Waals surface area contributed by atoms with E-state index in [-0.39, 0.29) is 5.92 Å². The molecule has 2 unspecified atom stereocenters. The van der Waals surface area contributed by atoms with Crippen LogP contribution in [0.1, 0.15) is 29.0 Å². The molecule has 0 radical (unpaired) electrons. The lowest BCUT2D eigenvalue weighted by atomic mass is 9.71. The highest BCUT2D eigenvalue weighted by molar-refractivity contribution is 9.10. The van der Waals surface area contributed by atoms with Crippen molar-refractivity contribution in [3.05, 3.63) is 112 Å². The van der Waals surface area contributed by atoms with E-state index in [9.17, 15) is 5.11 Å². The summed E-state index contributed by atoms with van der Waals surface area (Å²) in [6.07, 6.45) is 0.576. The molecule has 34 heavy (non-hydrogen) atoms. The van der Waals surface area contributed by atoms with E-state index in [4.69, 9.17) is 4.74 Å². The largest absolute Gasteiger partial charge is 0.482 e. The van der Waals surface area contributed by atoms with Crippen LogP contribution < -0.4 is 4.74 Å². The quantitative estimate of drug-likeness (QED) is 0.210. The summed E-state index contributed by atoms with van der Waals surface area (Å²) in [6.45, 7) is 0.748. The first-order valence-corrected chi connectivity index (χ1v) is 13.2. The standard InChI is InChI=1S/C29H29Br2NO2/c1-32(2)17-16-29(33,26-10-6-7-11-27(26)31)28(22-8-4-3-5-9-22)23-13-12-21-14-15-25(34-20-30)19-24(21)18-23/h3-15,18-19,28,33H,16-17,20H2,1-2H3. The summed E-state index contributed by atoms with van der Waals surface area (Å²) in [5, 5.41) is 14.8. The van der Waals surface area contributed by atoms with E-state index in [2.05, 4.69) is 79.2 Å². The average Bonchev–Trinajstić information content (AvgIpc) is 2.84. The normalized spacial score (nSPS) is 14.2. The monoisotopic (exact) mass is 581 g/mol. The summed E-state index contributed by atoms with van der Waals surface area (Å²) < 4.78 is 6.58. The smallest absolute Gasteiger partial charge is 0.143 e. The zero-order valence-electron chi connectivity index (χ0n) is 19.4. The first-order valence-electron chi connectivity index (χ1n) is 11.3. The Labute approximate surface area is 218 Å². The molecule has 176 valence electrons. The maximum absolute atomic E-state index is 12.6. The average molecular weight is 583 g/mol. The topological polar surface area (TPSA) is 32.7 Å². The molecule has 1 N–H and O–H groups in total. The van der Waals surface area contributed by atoms with Crippen molar-refractivity contribution in [2.24, 2.45) is 0 Å². The van der Waals surface area contributed by atoms with E-state index in [1.807, 2.05) is 62.6 Å². The molecule has 4 rings (SSSR count). The minimum Gasteiger partial charge on any atom is -0.482 e. The molecule has 0 saturated carbocycles. The molecular weight excluding hydrogens is 554 g/mol. The number of ether oxygens (including phenoxy) is 1. The number of alkyl halides is 1. The molecule has 0 heterocycles. The molecule has 0 amide bonds. The van der Waals surface area contributed by atoms with Gasteiger partial charge < -0.3 is 14.7 Å². The Morgan fingerprint density at radius 1 is 0.853 bits per heavy atom. The zero-order chi connectivity index (χ0) is 24.1. The van der Waals surface area contributed by atoms with E-state index < -0.39 is 5.60 Å². The van der Waals surface area contributed by atoms with E-state index in [0.717, 1.165) is 44.2 Å². The molecule has 0 bridgehead atoms. The molecule has 0 aromatic heterocycles. The van der Waals surface area contributed by atoms with Gasteiger partial charge in [0.15, 0.2) is 0 Å². The minimum atomic E-state index is -1.14. The van der Waals surface area contributed by atoms with Gasteiger partial charge in [-0.1, -0.05) is 88.7 Å². The van der Waals surface area contributed by atoms with Gasteiger partial charge in [-0.25, -0.2) is 0 Å². The van der Waals surface area contributed by atoms with Gasteiger partial charge in [0, 0.05) is 16.9 Å². The van der Waals surface area contributed by atoms with Gasteiger partial charge in [0.1, 0.15) is 16.9 Å². The summed E-state index contributed by atoms with van der Waals surface area (Å²) >= 11 is 7.07. The fourth-order valence-corrected chi connectivity index (χ4v) is 5.50. The Morgan fingerprint density at radius 3 is 2.26 bits per heavy atom. The number of hydrogen-bond donors (Lipinski definition) is 1. The lowest BCUT2D eigenvalue weighted by Gasteiger charge is -2.39. The van der Waals surface area contributed by atoms with Crippen molar-refractivity contribution < 1.29 is 9.84 Å². The maximum atomic E-state index is 12.6. The molecule has 0 spiro atoms. The van der Waals surface area contributed by atoms with Gasteiger partial charge >= 0.3 is 0 Å². The molecule has 0 fully saturated rings. The summed E-state index contributed by atoms with van der Waals surface area (Å²) in [7, 11) is 4.08. The second kappa shape index (κ2) is 11.0. The second-order valence-corrected chi connectivity index (χ2v) is 10.1. The van der Waals surface area contributed by atoms with Gasteiger partial charge in [-0.2, -0.15) is 0 Å². The van der Waals surface area contributed by atoms with Crippen molar-refractivity contribution in [2.75, 3.05) is 26.2 Å². The summed E-state index contributed by atoms with van der Waals surface area (Å²) in [5.41, 5.74) is 2.33. The van der Waals surface area contributed by atoms with Crippen LogP contribution in [-0.2, 0) is 5.60 Å². The van der Waals surface area contributed by atoms with Crippen LogP contribution in [0.5, 0.6) is 5.75 Å². The van der Waals surface area contributed by atoms with Crippen molar-refractivity contribution in [3.8, 4) is 5.75 Å². The number of aliphatic hydroxyl groups is 1. The van der Waals surface area contributed by atoms with E-state index in [1.165, 1.54) is 0 Å². The van der Waals surface area contributed by atoms with E-state index in [1.54, 1.807) is 0 Å². The molecular formula is C29H29Br2NO2. The lowest BCUT2D eigenvalue weighted by molar-refractivity contribution is 0.00385. The summed E-state index contributed by atoms with van der Waals surface area (Å²) in [6, 6.07) is 30.9. The van der Waals surface area contributed by atoms with Crippen LogP contribution in [0.15, 0.2) is 95.5 Å². The fraction of sp³-hybridized carbons (Fsp3) is 0.241. The zero-order valence-corrected chi connectivity index (χ0v) is 22.6. The molecule has 4 aromatic carbocycles. The van der Waals surface area contributed by atoms with Gasteiger partial charge in [-0.3, -0.25) is 0 Å². The Morgan fingerprint density at radius 2 is 1.56 bits per heavy atom. The molecule has 0 aliphatic heterocycles. The Kier molecular flexibility index (Phi) is 8.10. The fourth-order valence-electron chi connectivity index (χ4n) is 4.61. The van der Waals surface area contributed by atoms with Gasteiger partial charge in [0.2, 0.25) is 0 Å². The second-order valence-electron chi connectivity index (χ2n) is 8.82. The molecule has 0 saturated heterocycles. The van der Waals surface area contributed by atoms with E-state index in [0.29, 0.717) is 11.9 Å². The van der Waals surface area contributed by atoms with Crippen LogP contribution in [0.3, 0.4) is 0 Å². The Balaban J connectivity index is 1.93. The number of benzene rings is 4. The van der Waals surface area contributed by atoms with Crippen LogP contribution in [0, 0.1) is 0 Å². The summed E-state index contributed by atoms with van der Waals surface area (Å²) in [4.78, 5) is 2.12. The highest BCUT2D eigenvalue weighted by Gasteiger charge is 2.41. The lowest BCUT2D eigenvalue weighted by Crippen LogP contribution is -2.37. The molecule has 5 heteroatoms. The molecule has 3 nitrogen and oxygen atoms in total. The van der Waals surface area contributed by atoms with Gasteiger partial charge in [-0.15, -0.1) is 0 Å². The van der Waals surface area contributed by atoms with Crippen LogP contribution in [0.25, 0.3) is 10.8 Å². The van der Waals surface area contributed by atoms with Crippen LogP contribution in [0.2, 0.25) is 0 Å². The third-order valence-electron chi connectivity index (χ3n) is 6.28. The van der Waals surface area contributed by atoms with Crippen LogP contribution in [0.4, 0.5) is 0 Å². The van der Waals surface area contributed by atoms with Crippen LogP contribution in [-0.4, -0.2) is 36.2 Å². The predicted octanol–water partition coefficient (Wildman–Crippen LogP) is 7.30. The maximum Gasteiger partial charge on any atom is 0.143 e. The first-order chi connectivity index (χ1) is 16.4. The first kappa shape index (κ1) is 24.9. The third kappa shape index (κ3) is 5.38. The Bertz CT molecular complexity index is 1250. The minimum absolute atomic E-state index is 0.266. The summed E-state index contributed by atoms with van der Waals surface area (Å²) in [5.74, 6) is 0.545. The predicted molar refractivity (Wildman–Crippen MR) is 148 cm³/mol. The number of fused-ring (bicyclic) bond motifs is 1. The molecule has 0 aliphatic rings. The van der Waals surface area contributed by atoms with Gasteiger partial charge in [0.05, 0.1) is 0 Å². The molecule has 4 aromatic rings. The van der Waals surface area contributed by atoms with Crippen molar-refractivity contribution >= 4 is 42.6 Å². The van der Waals surface area contributed by atoms with E-state index >= 15 is 0 Å². The van der Waals surface area contributed by atoms with Crippen molar-refractivity contribution in [2.45, 2.75) is 17.9 Å². The number of rotatable bonds is 9. The Hall–Kier alpha value is -2.18. The highest BCUT2D eigenvalue weighted by Crippen LogP contribution is 2.47.